The lowest BCUT2D eigenvalue weighted by molar-refractivity contribution is -0.304. The highest BCUT2D eigenvalue weighted by Gasteiger charge is 2.48. The topological polar surface area (TPSA) is 115 Å². The molecular formula is C28H44O8. The molecule has 2 saturated heterocycles. The second-order valence-electron chi connectivity index (χ2n) is 11.5. The van der Waals surface area contributed by atoms with Crippen LogP contribution in [0.15, 0.2) is 23.8 Å². The maximum Gasteiger partial charge on any atom is 0.303 e. The third-order valence-electron chi connectivity index (χ3n) is 8.85. The SMILES string of the molecule is C=C1C(OC(C)=O)C[C@@H](C(C)CCC[C@@H](C)[C@H]2OCC3O[C@@H](O2)C(O)C(O)[C@@H]3O)[C@@H]2C=C(C)CC[C@@H]12. The van der Waals surface area contributed by atoms with Crippen molar-refractivity contribution >= 4 is 5.97 Å². The van der Waals surface area contributed by atoms with Gasteiger partial charge >= 0.3 is 5.97 Å². The molecule has 2 aliphatic carbocycles. The highest BCUT2D eigenvalue weighted by atomic mass is 16.8. The van der Waals surface area contributed by atoms with E-state index in [1.807, 2.05) is 0 Å². The molecule has 1 saturated carbocycles. The predicted molar refractivity (Wildman–Crippen MR) is 132 cm³/mol. The third kappa shape index (κ3) is 5.89. The number of hydrogen-bond donors (Lipinski definition) is 3. The molecule has 5 unspecified atom stereocenters. The third-order valence-corrected chi connectivity index (χ3v) is 8.85. The summed E-state index contributed by atoms with van der Waals surface area (Å²) in [5, 5.41) is 30.4. The van der Waals surface area contributed by atoms with Crippen molar-refractivity contribution < 1.29 is 39.1 Å². The largest absolute Gasteiger partial charge is 0.458 e. The van der Waals surface area contributed by atoms with Crippen LogP contribution in [0, 0.1) is 29.6 Å². The standard InChI is InChI=1S/C28H44O8/c1-14-9-10-19-17(4)22(34-18(5)29)12-20(21(19)11-14)15(2)7-6-8-16(3)27-33-13-23-24(30)25(31)26(32)28(35-23)36-27/h11,15-16,19-28,30-32H,4,6-10,12-13H2,1-3,5H3/t15?,16-,19+,20+,21-,22?,23?,24-,25?,26?,27+,28+/m1/s1. The van der Waals surface area contributed by atoms with Crippen molar-refractivity contribution in [3.8, 4) is 0 Å². The van der Waals surface area contributed by atoms with Gasteiger partial charge in [-0.05, 0) is 61.9 Å². The van der Waals surface area contributed by atoms with Gasteiger partial charge in [-0.3, -0.25) is 4.79 Å². The Kier molecular flexibility index (Phi) is 8.95. The molecular weight excluding hydrogens is 464 g/mol. The van der Waals surface area contributed by atoms with Gasteiger partial charge in [0.2, 0.25) is 0 Å². The van der Waals surface area contributed by atoms with E-state index in [1.165, 1.54) is 12.5 Å². The minimum absolute atomic E-state index is 0.0473. The van der Waals surface area contributed by atoms with Gasteiger partial charge in [0.1, 0.15) is 30.5 Å². The lowest BCUT2D eigenvalue weighted by Crippen LogP contribution is -2.58. The predicted octanol–water partition coefficient (Wildman–Crippen LogP) is 3.09. The van der Waals surface area contributed by atoms with Crippen molar-refractivity contribution in [2.45, 2.75) is 109 Å². The van der Waals surface area contributed by atoms with Gasteiger partial charge in [0.05, 0.1) is 6.61 Å². The number of esters is 1. The summed E-state index contributed by atoms with van der Waals surface area (Å²) in [5.74, 6) is 1.47. The van der Waals surface area contributed by atoms with Gasteiger partial charge in [-0.1, -0.05) is 44.9 Å². The Morgan fingerprint density at radius 3 is 2.58 bits per heavy atom. The molecule has 0 aromatic carbocycles. The summed E-state index contributed by atoms with van der Waals surface area (Å²) < 4.78 is 23.0. The molecule has 2 aliphatic heterocycles. The summed E-state index contributed by atoms with van der Waals surface area (Å²) >= 11 is 0. The minimum Gasteiger partial charge on any atom is -0.458 e. The summed E-state index contributed by atoms with van der Waals surface area (Å²) in [6.45, 7) is 12.5. The van der Waals surface area contributed by atoms with Gasteiger partial charge in [-0.25, -0.2) is 0 Å². The maximum absolute atomic E-state index is 11.7. The first-order valence-corrected chi connectivity index (χ1v) is 13.6. The number of aliphatic hydroxyl groups excluding tert-OH is 3. The minimum atomic E-state index is -1.32. The van der Waals surface area contributed by atoms with E-state index in [2.05, 4.69) is 33.4 Å². The maximum atomic E-state index is 11.7. The van der Waals surface area contributed by atoms with Crippen molar-refractivity contribution in [1.29, 1.82) is 0 Å². The molecule has 3 N–H and O–H groups in total. The molecule has 2 bridgehead atoms. The second-order valence-corrected chi connectivity index (χ2v) is 11.5. The van der Waals surface area contributed by atoms with Crippen molar-refractivity contribution in [3.05, 3.63) is 23.8 Å². The van der Waals surface area contributed by atoms with Crippen LogP contribution in [0.4, 0.5) is 0 Å². The van der Waals surface area contributed by atoms with E-state index in [0.717, 1.165) is 44.1 Å². The van der Waals surface area contributed by atoms with Crippen LogP contribution in [0.25, 0.3) is 0 Å². The summed E-state index contributed by atoms with van der Waals surface area (Å²) in [6, 6.07) is 0. The van der Waals surface area contributed by atoms with E-state index in [-0.39, 0.29) is 24.6 Å². The van der Waals surface area contributed by atoms with Crippen LogP contribution in [0.5, 0.6) is 0 Å². The highest BCUT2D eigenvalue weighted by molar-refractivity contribution is 5.66. The van der Waals surface area contributed by atoms with E-state index >= 15 is 0 Å². The summed E-state index contributed by atoms with van der Waals surface area (Å²) in [6.07, 6.45) is 1.88. The average molecular weight is 509 g/mol. The lowest BCUT2D eigenvalue weighted by atomic mass is 9.60. The number of ether oxygens (including phenoxy) is 4. The van der Waals surface area contributed by atoms with E-state index in [9.17, 15) is 20.1 Å². The fourth-order valence-corrected chi connectivity index (χ4v) is 6.63. The number of allylic oxidation sites excluding steroid dienone is 2. The first-order chi connectivity index (χ1) is 17.1. The van der Waals surface area contributed by atoms with Gasteiger partial charge in [0, 0.05) is 12.8 Å². The van der Waals surface area contributed by atoms with Gasteiger partial charge in [-0.2, -0.15) is 0 Å². The fourth-order valence-electron chi connectivity index (χ4n) is 6.63. The molecule has 0 aromatic heterocycles. The van der Waals surface area contributed by atoms with E-state index in [4.69, 9.17) is 18.9 Å². The molecule has 0 spiro atoms. The number of hydrogen-bond acceptors (Lipinski definition) is 8. The molecule has 2 heterocycles. The molecule has 3 fully saturated rings. The van der Waals surface area contributed by atoms with Crippen LogP contribution in [0.1, 0.15) is 66.2 Å². The second kappa shape index (κ2) is 11.6. The molecule has 0 radical (unpaired) electrons. The van der Waals surface area contributed by atoms with Crippen LogP contribution in [-0.2, 0) is 23.7 Å². The summed E-state index contributed by atoms with van der Waals surface area (Å²) in [7, 11) is 0. The molecule has 0 aromatic rings. The molecule has 0 amide bonds. The Bertz CT molecular complexity index is 824. The molecule has 36 heavy (non-hydrogen) atoms. The lowest BCUT2D eigenvalue weighted by Gasteiger charge is -2.46. The summed E-state index contributed by atoms with van der Waals surface area (Å²) in [5.41, 5.74) is 2.51. The quantitative estimate of drug-likeness (QED) is 0.355. The summed E-state index contributed by atoms with van der Waals surface area (Å²) in [4.78, 5) is 11.7. The first kappa shape index (κ1) is 27.7. The Morgan fingerprint density at radius 2 is 1.86 bits per heavy atom. The zero-order valence-electron chi connectivity index (χ0n) is 22.0. The average Bonchev–Trinajstić information content (AvgIpc) is 3.05. The van der Waals surface area contributed by atoms with Crippen LogP contribution in [0.3, 0.4) is 0 Å². The Balaban J connectivity index is 1.34. The number of fused-ring (bicyclic) bond motifs is 3. The van der Waals surface area contributed by atoms with Crippen LogP contribution < -0.4 is 0 Å². The number of aliphatic hydroxyl groups is 3. The fraction of sp³-hybridized carbons (Fsp3) is 0.821. The molecule has 8 nitrogen and oxygen atoms in total. The van der Waals surface area contributed by atoms with Crippen molar-refractivity contribution in [2.24, 2.45) is 29.6 Å². The number of carbonyl (C=O) groups is 1. The van der Waals surface area contributed by atoms with Gasteiger partial charge in [-0.15, -0.1) is 0 Å². The van der Waals surface area contributed by atoms with Crippen molar-refractivity contribution in [2.75, 3.05) is 6.61 Å². The van der Waals surface area contributed by atoms with Crippen LogP contribution >= 0.6 is 0 Å². The normalized spacial score (nSPS) is 42.5. The van der Waals surface area contributed by atoms with E-state index in [1.54, 1.807) is 0 Å². The van der Waals surface area contributed by atoms with Crippen LogP contribution in [0.2, 0.25) is 0 Å². The van der Waals surface area contributed by atoms with E-state index < -0.39 is 37.0 Å². The molecule has 8 heteroatoms. The molecule has 204 valence electrons. The van der Waals surface area contributed by atoms with Gasteiger partial charge in [0.25, 0.3) is 0 Å². The first-order valence-electron chi connectivity index (χ1n) is 13.6. The smallest absolute Gasteiger partial charge is 0.303 e. The highest BCUT2D eigenvalue weighted by Crippen LogP contribution is 2.49. The van der Waals surface area contributed by atoms with Gasteiger partial charge < -0.3 is 34.3 Å². The zero-order valence-corrected chi connectivity index (χ0v) is 22.0. The Morgan fingerprint density at radius 1 is 1.14 bits per heavy atom. The molecule has 4 rings (SSSR count). The Hall–Kier alpha value is -1.29. The zero-order chi connectivity index (χ0) is 26.1. The molecule has 4 aliphatic rings. The molecule has 12 atom stereocenters. The Labute approximate surface area is 214 Å². The number of rotatable bonds is 7. The van der Waals surface area contributed by atoms with Gasteiger partial charge in [0.15, 0.2) is 12.6 Å². The van der Waals surface area contributed by atoms with Crippen LogP contribution in [-0.4, -0.2) is 71.0 Å². The number of carbonyl (C=O) groups excluding carboxylic acids is 1. The van der Waals surface area contributed by atoms with E-state index in [0.29, 0.717) is 23.7 Å². The van der Waals surface area contributed by atoms with Crippen molar-refractivity contribution in [1.82, 2.24) is 0 Å². The van der Waals surface area contributed by atoms with Crippen molar-refractivity contribution in [3.63, 3.8) is 0 Å². The monoisotopic (exact) mass is 508 g/mol.